The number of ether oxygens (including phenoxy) is 3. The lowest BCUT2D eigenvalue weighted by Crippen LogP contribution is -2.28. The molecule has 1 aliphatic carbocycles. The summed E-state index contributed by atoms with van der Waals surface area (Å²) < 4.78 is 16.0. The van der Waals surface area contributed by atoms with E-state index in [1.807, 2.05) is 19.1 Å². The molecule has 7 nitrogen and oxygen atoms in total. The van der Waals surface area contributed by atoms with Crippen molar-refractivity contribution in [2.24, 2.45) is 0 Å². The monoisotopic (exact) mass is 446 g/mol. The van der Waals surface area contributed by atoms with Crippen LogP contribution in [0.5, 0.6) is 11.5 Å². The Hall–Kier alpha value is -2.58. The summed E-state index contributed by atoms with van der Waals surface area (Å²) >= 11 is 1.50. The van der Waals surface area contributed by atoms with E-state index in [-0.39, 0.29) is 18.4 Å². The van der Waals surface area contributed by atoms with Gasteiger partial charge in [-0.2, -0.15) is 0 Å². The first-order chi connectivity index (χ1) is 15.0. The van der Waals surface area contributed by atoms with Crippen LogP contribution in [0.1, 0.15) is 45.6 Å². The maximum atomic E-state index is 12.9. The molecule has 2 amide bonds. The number of aryl methyl sites for hydroxylation is 2. The van der Waals surface area contributed by atoms with Gasteiger partial charge >= 0.3 is 0 Å². The summed E-state index contributed by atoms with van der Waals surface area (Å²) in [6.07, 6.45) is 4.70. The summed E-state index contributed by atoms with van der Waals surface area (Å²) in [7, 11) is 3.20. The smallest absolute Gasteiger partial charge is 0.262 e. The standard InChI is InChI=1S/C23H30N2O5S/c1-15-9-10-17(18(13-15)29-3)30-14-20(26)25-23-21(22(27)24-11-6-12-28-2)16-7-4-5-8-19(16)31-23/h9-10,13H,4-8,11-12,14H2,1-3H3,(H,24,27)(H,25,26). The van der Waals surface area contributed by atoms with Gasteiger partial charge in [0.05, 0.1) is 12.7 Å². The van der Waals surface area contributed by atoms with Gasteiger partial charge in [0.1, 0.15) is 5.00 Å². The number of anilines is 1. The Kier molecular flexibility index (Phi) is 8.31. The van der Waals surface area contributed by atoms with E-state index in [0.717, 1.165) is 43.2 Å². The van der Waals surface area contributed by atoms with E-state index in [9.17, 15) is 9.59 Å². The Balaban J connectivity index is 1.69. The largest absolute Gasteiger partial charge is 0.493 e. The zero-order valence-corrected chi connectivity index (χ0v) is 19.2. The Morgan fingerprint density at radius 2 is 1.94 bits per heavy atom. The summed E-state index contributed by atoms with van der Waals surface area (Å²) in [5.41, 5.74) is 2.70. The third-order valence-electron chi connectivity index (χ3n) is 5.14. The molecule has 1 heterocycles. The number of benzene rings is 1. The fraction of sp³-hybridized carbons (Fsp3) is 0.478. The summed E-state index contributed by atoms with van der Waals surface area (Å²) in [5, 5.41) is 6.45. The van der Waals surface area contributed by atoms with Gasteiger partial charge in [0.25, 0.3) is 11.8 Å². The molecule has 0 spiro atoms. The number of carbonyl (C=O) groups excluding carboxylic acids is 2. The van der Waals surface area contributed by atoms with Crippen LogP contribution < -0.4 is 20.1 Å². The molecular formula is C23H30N2O5S. The van der Waals surface area contributed by atoms with Crippen molar-refractivity contribution >= 4 is 28.2 Å². The summed E-state index contributed by atoms with van der Waals surface area (Å²) in [6.45, 7) is 2.91. The third-order valence-corrected chi connectivity index (χ3v) is 6.35. The maximum absolute atomic E-state index is 12.9. The van der Waals surface area contributed by atoms with Crippen molar-refractivity contribution in [3.05, 3.63) is 39.8 Å². The third kappa shape index (κ3) is 5.98. The lowest BCUT2D eigenvalue weighted by molar-refractivity contribution is -0.118. The molecule has 0 bridgehead atoms. The number of rotatable bonds is 10. The molecule has 1 aliphatic rings. The highest BCUT2D eigenvalue weighted by molar-refractivity contribution is 7.17. The molecule has 3 rings (SSSR count). The molecule has 8 heteroatoms. The number of nitrogens with one attached hydrogen (secondary N) is 2. The van der Waals surface area contributed by atoms with Gasteiger partial charge in [-0.15, -0.1) is 11.3 Å². The highest BCUT2D eigenvalue weighted by atomic mass is 32.1. The van der Waals surface area contributed by atoms with Crippen molar-refractivity contribution in [3.8, 4) is 11.5 Å². The van der Waals surface area contributed by atoms with Gasteiger partial charge in [0.15, 0.2) is 18.1 Å². The minimum absolute atomic E-state index is 0.146. The van der Waals surface area contributed by atoms with Gasteiger partial charge in [-0.05, 0) is 62.3 Å². The van der Waals surface area contributed by atoms with Crippen molar-refractivity contribution in [3.63, 3.8) is 0 Å². The van der Waals surface area contributed by atoms with Crippen molar-refractivity contribution in [2.45, 2.75) is 39.0 Å². The van der Waals surface area contributed by atoms with Crippen LogP contribution in [0.4, 0.5) is 5.00 Å². The first kappa shape index (κ1) is 23.1. The molecule has 0 aliphatic heterocycles. The van der Waals surface area contributed by atoms with E-state index in [1.54, 1.807) is 20.3 Å². The minimum Gasteiger partial charge on any atom is -0.493 e. The summed E-state index contributed by atoms with van der Waals surface area (Å²) in [6, 6.07) is 5.53. The highest BCUT2D eigenvalue weighted by Crippen LogP contribution is 2.38. The lowest BCUT2D eigenvalue weighted by Gasteiger charge is -2.14. The molecule has 0 radical (unpaired) electrons. The fourth-order valence-electron chi connectivity index (χ4n) is 3.60. The second-order valence-corrected chi connectivity index (χ2v) is 8.61. The normalized spacial score (nSPS) is 12.7. The quantitative estimate of drug-likeness (QED) is 0.543. The topological polar surface area (TPSA) is 85.9 Å². The number of thiophene rings is 1. The van der Waals surface area contributed by atoms with Crippen molar-refractivity contribution < 1.29 is 23.8 Å². The highest BCUT2D eigenvalue weighted by Gasteiger charge is 2.26. The van der Waals surface area contributed by atoms with Crippen LogP contribution in [0.2, 0.25) is 0 Å². The van der Waals surface area contributed by atoms with Gasteiger partial charge < -0.3 is 24.8 Å². The van der Waals surface area contributed by atoms with Crippen LogP contribution in [-0.2, 0) is 22.4 Å². The summed E-state index contributed by atoms with van der Waals surface area (Å²) in [4.78, 5) is 26.7. The van der Waals surface area contributed by atoms with E-state index in [0.29, 0.717) is 35.2 Å². The van der Waals surface area contributed by atoms with Gasteiger partial charge in [-0.25, -0.2) is 0 Å². The van der Waals surface area contributed by atoms with Gasteiger partial charge in [-0.3, -0.25) is 9.59 Å². The number of fused-ring (bicyclic) bond motifs is 1. The van der Waals surface area contributed by atoms with Crippen molar-refractivity contribution in [1.82, 2.24) is 5.32 Å². The number of hydrogen-bond donors (Lipinski definition) is 2. The molecule has 0 atom stereocenters. The van der Waals surface area contributed by atoms with Gasteiger partial charge in [0, 0.05) is 25.1 Å². The van der Waals surface area contributed by atoms with Gasteiger partial charge in [-0.1, -0.05) is 6.07 Å². The zero-order chi connectivity index (χ0) is 22.2. The molecular weight excluding hydrogens is 416 g/mol. The first-order valence-corrected chi connectivity index (χ1v) is 11.3. The number of hydrogen-bond acceptors (Lipinski definition) is 6. The molecule has 0 fully saturated rings. The molecule has 0 saturated heterocycles. The second-order valence-electron chi connectivity index (χ2n) is 7.51. The Morgan fingerprint density at radius 1 is 1.13 bits per heavy atom. The molecule has 0 unspecified atom stereocenters. The lowest BCUT2D eigenvalue weighted by atomic mass is 9.95. The van der Waals surface area contributed by atoms with E-state index < -0.39 is 0 Å². The van der Waals surface area contributed by atoms with Crippen LogP contribution in [0, 0.1) is 6.92 Å². The molecule has 168 valence electrons. The van der Waals surface area contributed by atoms with E-state index in [4.69, 9.17) is 14.2 Å². The first-order valence-electron chi connectivity index (χ1n) is 10.5. The van der Waals surface area contributed by atoms with Crippen molar-refractivity contribution in [1.29, 1.82) is 0 Å². The average molecular weight is 447 g/mol. The zero-order valence-electron chi connectivity index (χ0n) is 18.3. The average Bonchev–Trinajstić information content (AvgIpc) is 3.13. The molecule has 1 aromatic carbocycles. The number of amides is 2. The molecule has 2 N–H and O–H groups in total. The van der Waals surface area contributed by atoms with E-state index in [1.165, 1.54) is 16.2 Å². The Labute approximate surface area is 187 Å². The predicted octanol–water partition coefficient (Wildman–Crippen LogP) is 3.73. The van der Waals surface area contributed by atoms with Crippen LogP contribution in [-0.4, -0.2) is 45.8 Å². The molecule has 2 aromatic rings. The number of methoxy groups -OCH3 is 2. The van der Waals surface area contributed by atoms with Crippen LogP contribution in [0.3, 0.4) is 0 Å². The van der Waals surface area contributed by atoms with Gasteiger partial charge in [0.2, 0.25) is 0 Å². The van der Waals surface area contributed by atoms with Crippen molar-refractivity contribution in [2.75, 3.05) is 39.3 Å². The van der Waals surface area contributed by atoms with Crippen LogP contribution >= 0.6 is 11.3 Å². The predicted molar refractivity (Wildman–Crippen MR) is 122 cm³/mol. The second kappa shape index (κ2) is 11.2. The fourth-order valence-corrected chi connectivity index (χ4v) is 4.90. The molecule has 31 heavy (non-hydrogen) atoms. The molecule has 1 aromatic heterocycles. The van der Waals surface area contributed by atoms with E-state index in [2.05, 4.69) is 10.6 Å². The van der Waals surface area contributed by atoms with Crippen LogP contribution in [0.15, 0.2) is 18.2 Å². The summed E-state index contributed by atoms with van der Waals surface area (Å²) in [5.74, 6) is 0.627. The Bertz CT molecular complexity index is 925. The minimum atomic E-state index is -0.311. The molecule has 0 saturated carbocycles. The maximum Gasteiger partial charge on any atom is 0.262 e. The van der Waals surface area contributed by atoms with Crippen LogP contribution in [0.25, 0.3) is 0 Å². The van der Waals surface area contributed by atoms with E-state index >= 15 is 0 Å². The Morgan fingerprint density at radius 3 is 2.71 bits per heavy atom. The number of carbonyl (C=O) groups is 2. The SMILES string of the molecule is COCCCNC(=O)c1c(NC(=O)COc2ccc(C)cc2OC)sc2c1CCCC2.